The Bertz CT molecular complexity index is 783. The van der Waals surface area contributed by atoms with E-state index in [9.17, 15) is 14.4 Å². The van der Waals surface area contributed by atoms with E-state index in [0.717, 1.165) is 37.8 Å². The van der Waals surface area contributed by atoms with Gasteiger partial charge < -0.3 is 27.6 Å². The standard InChI is InChI=1S/C12H15NO2.C8H11N.C5H12N2O2/c1-2-3-4-12(15)13-11-7-5-10(9-14)6-8-11;9-7-6-8-4-2-1-3-5-8;6-3-1-2-4(7)5(8)9/h5-9H,2-4H2,1H3,(H,13,15);1-5H,6-7,9H2;4H,1-3,6-7H2,(H,8,9). The minimum absolute atomic E-state index is 0.0238. The average molecular weight is 459 g/mol. The normalized spacial score (nSPS) is 10.5. The summed E-state index contributed by atoms with van der Waals surface area (Å²) >= 11 is 0. The fourth-order valence-corrected chi connectivity index (χ4v) is 2.48. The minimum Gasteiger partial charge on any atom is -0.480 e. The molecule has 33 heavy (non-hydrogen) atoms. The molecule has 2 aromatic rings. The third kappa shape index (κ3) is 16.3. The van der Waals surface area contributed by atoms with Crippen molar-refractivity contribution in [2.45, 2.75) is 51.5 Å². The van der Waals surface area contributed by atoms with Crippen LogP contribution in [0.1, 0.15) is 54.9 Å². The second-order valence-electron chi connectivity index (χ2n) is 7.29. The molecule has 0 spiro atoms. The summed E-state index contributed by atoms with van der Waals surface area (Å²) in [7, 11) is 0. The van der Waals surface area contributed by atoms with Crippen molar-refractivity contribution in [2.24, 2.45) is 17.2 Å². The van der Waals surface area contributed by atoms with Crippen LogP contribution in [0.15, 0.2) is 54.6 Å². The van der Waals surface area contributed by atoms with Crippen molar-refractivity contribution in [3.8, 4) is 0 Å². The Hall–Kier alpha value is -3.07. The second kappa shape index (κ2) is 19.6. The maximum Gasteiger partial charge on any atom is 0.320 e. The molecule has 0 aliphatic heterocycles. The topological polar surface area (TPSA) is 162 Å². The molecular weight excluding hydrogens is 420 g/mol. The molecule has 0 fully saturated rings. The number of carbonyl (C=O) groups excluding carboxylic acids is 2. The number of aldehydes is 1. The van der Waals surface area contributed by atoms with Crippen LogP contribution < -0.4 is 22.5 Å². The zero-order chi connectivity index (χ0) is 24.9. The lowest BCUT2D eigenvalue weighted by Crippen LogP contribution is -2.30. The van der Waals surface area contributed by atoms with Crippen molar-refractivity contribution in [1.29, 1.82) is 0 Å². The molecule has 1 amide bonds. The number of amides is 1. The van der Waals surface area contributed by atoms with Crippen molar-refractivity contribution in [3.05, 3.63) is 65.7 Å². The van der Waals surface area contributed by atoms with Gasteiger partial charge in [-0.05, 0) is 68.6 Å². The van der Waals surface area contributed by atoms with E-state index in [1.54, 1.807) is 24.3 Å². The molecule has 0 aromatic heterocycles. The van der Waals surface area contributed by atoms with Crippen LogP contribution in [0.2, 0.25) is 0 Å². The zero-order valence-corrected chi connectivity index (χ0v) is 19.4. The van der Waals surface area contributed by atoms with Crippen molar-refractivity contribution in [1.82, 2.24) is 0 Å². The third-order valence-electron chi connectivity index (χ3n) is 4.40. The van der Waals surface area contributed by atoms with Crippen molar-refractivity contribution >= 4 is 23.9 Å². The van der Waals surface area contributed by atoms with Gasteiger partial charge in [-0.1, -0.05) is 43.7 Å². The number of anilines is 1. The Balaban J connectivity index is 0.000000493. The number of unbranched alkanes of at least 4 members (excludes halogenated alkanes) is 1. The van der Waals surface area contributed by atoms with E-state index >= 15 is 0 Å². The van der Waals surface area contributed by atoms with Crippen LogP contribution in [0.5, 0.6) is 0 Å². The fraction of sp³-hybridized carbons (Fsp3) is 0.400. The first-order valence-corrected chi connectivity index (χ1v) is 11.1. The summed E-state index contributed by atoms with van der Waals surface area (Å²) in [4.78, 5) is 31.8. The molecular formula is C25H38N4O4. The highest BCUT2D eigenvalue weighted by Crippen LogP contribution is 2.09. The first kappa shape index (κ1) is 29.9. The molecule has 0 saturated heterocycles. The monoisotopic (exact) mass is 458 g/mol. The number of aliphatic carboxylic acids is 1. The first-order chi connectivity index (χ1) is 15.9. The van der Waals surface area contributed by atoms with Crippen molar-refractivity contribution in [2.75, 3.05) is 18.4 Å². The lowest BCUT2D eigenvalue weighted by molar-refractivity contribution is -0.138. The van der Waals surface area contributed by atoms with Gasteiger partial charge in [-0.2, -0.15) is 0 Å². The Kier molecular flexibility index (Phi) is 17.8. The highest BCUT2D eigenvalue weighted by molar-refractivity contribution is 5.91. The lowest BCUT2D eigenvalue weighted by atomic mass is 10.2. The van der Waals surface area contributed by atoms with E-state index in [4.69, 9.17) is 22.3 Å². The molecule has 8 heteroatoms. The predicted octanol–water partition coefficient (Wildman–Crippen LogP) is 2.95. The predicted molar refractivity (Wildman–Crippen MR) is 133 cm³/mol. The Morgan fingerprint density at radius 3 is 2.12 bits per heavy atom. The summed E-state index contributed by atoms with van der Waals surface area (Å²) in [5.74, 6) is -0.931. The summed E-state index contributed by atoms with van der Waals surface area (Å²) < 4.78 is 0. The number of carboxylic acid groups (broad SMARTS) is 1. The first-order valence-electron chi connectivity index (χ1n) is 11.1. The van der Waals surface area contributed by atoms with Gasteiger partial charge in [0.05, 0.1) is 0 Å². The van der Waals surface area contributed by atoms with E-state index < -0.39 is 12.0 Å². The summed E-state index contributed by atoms with van der Waals surface area (Å²) in [5.41, 5.74) is 18.3. The highest BCUT2D eigenvalue weighted by Gasteiger charge is 2.08. The van der Waals surface area contributed by atoms with Crippen LogP contribution in [0.3, 0.4) is 0 Å². The van der Waals surface area contributed by atoms with E-state index in [0.29, 0.717) is 31.4 Å². The number of nitrogens with two attached hydrogens (primary N) is 3. The van der Waals surface area contributed by atoms with Crippen molar-refractivity contribution in [3.63, 3.8) is 0 Å². The Labute approximate surface area is 196 Å². The van der Waals surface area contributed by atoms with Gasteiger partial charge in [0.15, 0.2) is 0 Å². The SMILES string of the molecule is CCCCC(=O)Nc1ccc(C=O)cc1.NCCCC(N)C(=O)O.NCCc1ccccc1. The van der Waals surface area contributed by atoms with Crippen LogP contribution in [-0.4, -0.2) is 42.4 Å². The van der Waals surface area contributed by atoms with Crippen LogP contribution in [-0.2, 0) is 16.0 Å². The fourth-order valence-electron chi connectivity index (χ4n) is 2.48. The van der Waals surface area contributed by atoms with Gasteiger partial charge >= 0.3 is 5.97 Å². The minimum atomic E-state index is -0.955. The summed E-state index contributed by atoms with van der Waals surface area (Å²) in [5, 5.41) is 11.0. The number of rotatable bonds is 11. The molecule has 2 aromatic carbocycles. The Morgan fingerprint density at radius 1 is 1.00 bits per heavy atom. The maximum absolute atomic E-state index is 11.3. The maximum atomic E-state index is 11.3. The zero-order valence-electron chi connectivity index (χ0n) is 19.4. The largest absolute Gasteiger partial charge is 0.480 e. The van der Waals surface area contributed by atoms with E-state index in [1.165, 1.54) is 5.56 Å². The summed E-state index contributed by atoms with van der Waals surface area (Å²) in [6.07, 6.45) is 5.37. The van der Waals surface area contributed by atoms with Gasteiger partial charge in [0, 0.05) is 17.7 Å². The van der Waals surface area contributed by atoms with Crippen LogP contribution in [0, 0.1) is 0 Å². The molecule has 2 rings (SSSR count). The molecule has 0 radical (unpaired) electrons. The lowest BCUT2D eigenvalue weighted by Gasteiger charge is -2.04. The van der Waals surface area contributed by atoms with Crippen molar-refractivity contribution < 1.29 is 19.5 Å². The van der Waals surface area contributed by atoms with Crippen LogP contribution >= 0.6 is 0 Å². The van der Waals surface area contributed by atoms with Gasteiger partial charge in [0.2, 0.25) is 5.91 Å². The number of hydrogen-bond acceptors (Lipinski definition) is 6. The van der Waals surface area contributed by atoms with E-state index in [1.807, 2.05) is 25.1 Å². The highest BCUT2D eigenvalue weighted by atomic mass is 16.4. The van der Waals surface area contributed by atoms with Gasteiger partial charge in [0.25, 0.3) is 0 Å². The smallest absolute Gasteiger partial charge is 0.320 e. The molecule has 0 bridgehead atoms. The number of carbonyl (C=O) groups is 3. The number of carboxylic acids is 1. The molecule has 1 atom stereocenters. The van der Waals surface area contributed by atoms with Gasteiger partial charge in [-0.3, -0.25) is 14.4 Å². The number of benzene rings is 2. The van der Waals surface area contributed by atoms with Crippen LogP contribution in [0.25, 0.3) is 0 Å². The van der Waals surface area contributed by atoms with E-state index in [-0.39, 0.29) is 5.91 Å². The quantitative estimate of drug-likeness (QED) is 0.323. The molecule has 0 saturated carbocycles. The molecule has 0 aliphatic rings. The number of nitrogens with one attached hydrogen (secondary N) is 1. The number of hydrogen-bond donors (Lipinski definition) is 5. The summed E-state index contributed by atoms with van der Waals surface area (Å²) in [6, 6.07) is 16.3. The summed E-state index contributed by atoms with van der Waals surface area (Å²) in [6.45, 7) is 3.29. The molecule has 1 unspecified atom stereocenters. The van der Waals surface area contributed by atoms with Gasteiger partial charge in [-0.25, -0.2) is 0 Å². The molecule has 8 nitrogen and oxygen atoms in total. The molecule has 0 heterocycles. The van der Waals surface area contributed by atoms with Gasteiger partial charge in [0.1, 0.15) is 12.3 Å². The van der Waals surface area contributed by atoms with Crippen LogP contribution in [0.4, 0.5) is 5.69 Å². The molecule has 182 valence electrons. The Morgan fingerprint density at radius 2 is 1.64 bits per heavy atom. The molecule has 8 N–H and O–H groups in total. The second-order valence-corrected chi connectivity index (χ2v) is 7.29. The van der Waals surface area contributed by atoms with Gasteiger partial charge in [-0.15, -0.1) is 0 Å². The molecule has 0 aliphatic carbocycles. The average Bonchev–Trinajstić information content (AvgIpc) is 2.83. The third-order valence-corrected chi connectivity index (χ3v) is 4.40. The van der Waals surface area contributed by atoms with E-state index in [2.05, 4.69) is 17.4 Å².